The molecule has 0 aliphatic heterocycles. The summed E-state index contributed by atoms with van der Waals surface area (Å²) in [5.74, 6) is -1.52. The SMILES string of the molecule is CC(C)[C@H](NS(=O)(=O)c1ccc2c3c(n(C)c2c1)CCCC3)C(=O)O. The lowest BCUT2D eigenvalue weighted by Crippen LogP contribution is -2.44. The van der Waals surface area contributed by atoms with Crippen LogP contribution in [0.2, 0.25) is 0 Å². The van der Waals surface area contributed by atoms with Crippen LogP contribution in [0.25, 0.3) is 10.9 Å². The number of rotatable bonds is 5. The molecule has 0 saturated carbocycles. The molecule has 1 aliphatic rings. The molecular weight excluding hydrogens is 340 g/mol. The largest absolute Gasteiger partial charge is 0.480 e. The second kappa shape index (κ2) is 6.46. The van der Waals surface area contributed by atoms with Gasteiger partial charge in [0.25, 0.3) is 0 Å². The summed E-state index contributed by atoms with van der Waals surface area (Å²) in [5.41, 5.74) is 3.46. The molecule has 1 heterocycles. The number of nitrogens with zero attached hydrogens (tertiary/aromatic N) is 1. The first-order chi connectivity index (χ1) is 11.7. The second-order valence-corrected chi connectivity index (χ2v) is 8.77. The molecule has 3 rings (SSSR count). The van der Waals surface area contributed by atoms with E-state index in [0.717, 1.165) is 36.6 Å². The first-order valence-electron chi connectivity index (χ1n) is 8.57. The van der Waals surface area contributed by atoms with E-state index in [1.165, 1.54) is 11.3 Å². The smallest absolute Gasteiger partial charge is 0.322 e. The van der Waals surface area contributed by atoms with E-state index in [4.69, 9.17) is 0 Å². The van der Waals surface area contributed by atoms with E-state index in [1.807, 2.05) is 13.1 Å². The molecule has 0 fully saturated rings. The topological polar surface area (TPSA) is 88.4 Å². The van der Waals surface area contributed by atoms with Crippen molar-refractivity contribution in [3.63, 3.8) is 0 Å². The fourth-order valence-corrected chi connectivity index (χ4v) is 4.97. The maximum Gasteiger partial charge on any atom is 0.322 e. The van der Waals surface area contributed by atoms with Crippen LogP contribution >= 0.6 is 0 Å². The molecule has 0 unspecified atom stereocenters. The van der Waals surface area contributed by atoms with Gasteiger partial charge in [-0.25, -0.2) is 8.42 Å². The monoisotopic (exact) mass is 364 g/mol. The Labute approximate surface area is 147 Å². The molecular formula is C18H24N2O4S. The van der Waals surface area contributed by atoms with E-state index >= 15 is 0 Å². The minimum absolute atomic E-state index is 0.102. The van der Waals surface area contributed by atoms with E-state index in [-0.39, 0.29) is 10.8 Å². The lowest BCUT2D eigenvalue weighted by molar-refractivity contribution is -0.140. The van der Waals surface area contributed by atoms with Gasteiger partial charge in [-0.2, -0.15) is 4.72 Å². The Bertz CT molecular complexity index is 928. The molecule has 1 aromatic heterocycles. The zero-order valence-electron chi connectivity index (χ0n) is 14.7. The van der Waals surface area contributed by atoms with Gasteiger partial charge in [0.2, 0.25) is 10.0 Å². The molecule has 0 amide bonds. The van der Waals surface area contributed by atoms with Gasteiger partial charge in [-0.15, -0.1) is 0 Å². The predicted octanol–water partition coefficient (Wildman–Crippen LogP) is 2.44. The van der Waals surface area contributed by atoms with Crippen LogP contribution in [0.5, 0.6) is 0 Å². The van der Waals surface area contributed by atoms with Crippen molar-refractivity contribution in [2.45, 2.75) is 50.5 Å². The summed E-state index contributed by atoms with van der Waals surface area (Å²) in [5, 5.41) is 10.3. The Morgan fingerprint density at radius 3 is 2.56 bits per heavy atom. The summed E-state index contributed by atoms with van der Waals surface area (Å²) in [4.78, 5) is 11.4. The van der Waals surface area contributed by atoms with Crippen molar-refractivity contribution in [3.8, 4) is 0 Å². The highest BCUT2D eigenvalue weighted by Crippen LogP contribution is 2.32. The summed E-state index contributed by atoms with van der Waals surface area (Å²) in [7, 11) is -1.94. The van der Waals surface area contributed by atoms with Gasteiger partial charge >= 0.3 is 5.97 Å². The number of aromatic nitrogens is 1. The maximum absolute atomic E-state index is 12.7. The third-order valence-electron chi connectivity index (χ3n) is 5.02. The van der Waals surface area contributed by atoms with Crippen LogP contribution in [-0.2, 0) is 34.7 Å². The van der Waals surface area contributed by atoms with Crippen molar-refractivity contribution in [2.75, 3.05) is 0 Å². The quantitative estimate of drug-likeness (QED) is 0.853. The Hall–Kier alpha value is -1.86. The molecule has 25 heavy (non-hydrogen) atoms. The van der Waals surface area contributed by atoms with Crippen molar-refractivity contribution < 1.29 is 18.3 Å². The molecule has 0 saturated heterocycles. The Balaban J connectivity index is 2.04. The van der Waals surface area contributed by atoms with Gasteiger partial charge in [0, 0.05) is 23.6 Å². The standard InChI is InChI=1S/C18H24N2O4S/c1-11(2)17(18(21)22)19-25(23,24)12-8-9-14-13-6-4-5-7-15(13)20(3)16(14)10-12/h8-11,17,19H,4-7H2,1-3H3,(H,21,22)/t17-/m0/s1. The van der Waals surface area contributed by atoms with Gasteiger partial charge < -0.3 is 9.67 Å². The molecule has 1 aliphatic carbocycles. The molecule has 7 heteroatoms. The molecule has 2 N–H and O–H groups in total. The van der Waals surface area contributed by atoms with Gasteiger partial charge in [-0.1, -0.05) is 19.9 Å². The second-order valence-electron chi connectivity index (χ2n) is 7.05. The van der Waals surface area contributed by atoms with Gasteiger partial charge in [-0.3, -0.25) is 4.79 Å². The van der Waals surface area contributed by atoms with Gasteiger partial charge in [0.15, 0.2) is 0 Å². The average molecular weight is 364 g/mol. The third kappa shape index (κ3) is 3.18. The van der Waals surface area contributed by atoms with E-state index in [9.17, 15) is 18.3 Å². The lowest BCUT2D eigenvalue weighted by Gasteiger charge is -2.18. The zero-order chi connectivity index (χ0) is 18.4. The highest BCUT2D eigenvalue weighted by atomic mass is 32.2. The van der Waals surface area contributed by atoms with Crippen molar-refractivity contribution in [1.82, 2.24) is 9.29 Å². The third-order valence-corrected chi connectivity index (χ3v) is 6.46. The number of fused-ring (bicyclic) bond motifs is 3. The van der Waals surface area contributed by atoms with Crippen LogP contribution < -0.4 is 4.72 Å². The van der Waals surface area contributed by atoms with Crippen LogP contribution in [0.1, 0.15) is 37.9 Å². The van der Waals surface area contributed by atoms with Crippen molar-refractivity contribution in [3.05, 3.63) is 29.5 Å². The van der Waals surface area contributed by atoms with Crippen molar-refractivity contribution in [1.29, 1.82) is 0 Å². The minimum Gasteiger partial charge on any atom is -0.480 e. The predicted molar refractivity (Wildman–Crippen MR) is 96.1 cm³/mol. The molecule has 1 aromatic carbocycles. The van der Waals surface area contributed by atoms with Gasteiger partial charge in [-0.05, 0) is 49.3 Å². The van der Waals surface area contributed by atoms with Gasteiger partial charge in [0.1, 0.15) is 6.04 Å². The van der Waals surface area contributed by atoms with Crippen LogP contribution in [0.4, 0.5) is 0 Å². The molecule has 6 nitrogen and oxygen atoms in total. The fraction of sp³-hybridized carbons (Fsp3) is 0.500. The number of aryl methyl sites for hydroxylation is 2. The molecule has 0 bridgehead atoms. The van der Waals surface area contributed by atoms with E-state index in [0.29, 0.717) is 0 Å². The maximum atomic E-state index is 12.7. The van der Waals surface area contributed by atoms with Crippen molar-refractivity contribution >= 4 is 26.9 Å². The molecule has 2 aromatic rings. The van der Waals surface area contributed by atoms with E-state index in [2.05, 4.69) is 9.29 Å². The number of hydrogen-bond acceptors (Lipinski definition) is 3. The van der Waals surface area contributed by atoms with E-state index in [1.54, 1.807) is 26.0 Å². The Kier molecular flexibility index (Phi) is 4.64. The molecule has 1 atom stereocenters. The average Bonchev–Trinajstić information content (AvgIpc) is 2.85. The molecule has 136 valence electrons. The minimum atomic E-state index is -3.90. The van der Waals surface area contributed by atoms with Crippen LogP contribution in [0, 0.1) is 5.92 Å². The summed E-state index contributed by atoms with van der Waals surface area (Å²) in [6.45, 7) is 3.35. The molecule has 0 spiro atoms. The van der Waals surface area contributed by atoms with Crippen LogP contribution in [0.15, 0.2) is 23.1 Å². The number of carbonyl (C=O) groups is 1. The number of benzene rings is 1. The number of carboxylic acid groups (broad SMARTS) is 1. The number of sulfonamides is 1. The highest BCUT2D eigenvalue weighted by Gasteiger charge is 2.28. The van der Waals surface area contributed by atoms with Crippen LogP contribution in [-0.4, -0.2) is 30.1 Å². The number of hydrogen-bond donors (Lipinski definition) is 2. The highest BCUT2D eigenvalue weighted by molar-refractivity contribution is 7.89. The lowest BCUT2D eigenvalue weighted by atomic mass is 9.96. The fourth-order valence-electron chi connectivity index (χ4n) is 3.61. The summed E-state index contributed by atoms with van der Waals surface area (Å²) >= 11 is 0. The van der Waals surface area contributed by atoms with Crippen LogP contribution in [0.3, 0.4) is 0 Å². The number of carboxylic acids is 1. The first kappa shape index (κ1) is 17.9. The first-order valence-corrected chi connectivity index (χ1v) is 10.1. The summed E-state index contributed by atoms with van der Waals surface area (Å²) in [6, 6.07) is 3.91. The van der Waals surface area contributed by atoms with Crippen molar-refractivity contribution in [2.24, 2.45) is 13.0 Å². The zero-order valence-corrected chi connectivity index (χ0v) is 15.6. The number of aliphatic carboxylic acids is 1. The normalized spacial score (nSPS) is 16.2. The summed E-state index contributed by atoms with van der Waals surface area (Å²) in [6.07, 6.45) is 4.34. The Morgan fingerprint density at radius 2 is 1.92 bits per heavy atom. The summed E-state index contributed by atoms with van der Waals surface area (Å²) < 4.78 is 29.7. The van der Waals surface area contributed by atoms with Gasteiger partial charge in [0.05, 0.1) is 4.90 Å². The molecule has 0 radical (unpaired) electrons. The van der Waals surface area contributed by atoms with E-state index < -0.39 is 22.0 Å². The number of nitrogens with one attached hydrogen (secondary N) is 1. The Morgan fingerprint density at radius 1 is 1.24 bits per heavy atom.